The van der Waals surface area contributed by atoms with Gasteiger partial charge in [0.2, 0.25) is 0 Å². The summed E-state index contributed by atoms with van der Waals surface area (Å²) in [4.78, 5) is 4.33. The number of benzene rings is 2. The lowest BCUT2D eigenvalue weighted by Gasteiger charge is -2.14. The van der Waals surface area contributed by atoms with Crippen molar-refractivity contribution in [2.45, 2.75) is 33.5 Å². The molecule has 0 spiro atoms. The number of guanidine groups is 1. The van der Waals surface area contributed by atoms with Gasteiger partial charge in [0.05, 0.1) is 19.3 Å². The Morgan fingerprint density at radius 2 is 1.67 bits per heavy atom. The average Bonchev–Trinajstić information content (AvgIpc) is 3.01. The van der Waals surface area contributed by atoms with Gasteiger partial charge in [-0.25, -0.2) is 0 Å². The molecule has 0 radical (unpaired) electrons. The number of para-hydroxylation sites is 1. The minimum Gasteiger partial charge on any atom is -0.496 e. The van der Waals surface area contributed by atoms with Gasteiger partial charge in [0, 0.05) is 37.0 Å². The van der Waals surface area contributed by atoms with Gasteiger partial charge in [0.1, 0.15) is 5.75 Å². The molecule has 0 fully saturated rings. The zero-order chi connectivity index (χ0) is 20.6. The number of hydrogen-bond acceptors (Lipinski definition) is 3. The summed E-state index contributed by atoms with van der Waals surface area (Å²) < 4.78 is 7.47. The van der Waals surface area contributed by atoms with Crippen LogP contribution in [-0.4, -0.2) is 29.9 Å². The van der Waals surface area contributed by atoms with E-state index in [1.807, 2.05) is 30.3 Å². The second-order valence-electron chi connectivity index (χ2n) is 6.88. The van der Waals surface area contributed by atoms with E-state index in [9.17, 15) is 0 Å². The molecule has 0 aliphatic carbocycles. The Bertz CT molecular complexity index is 969. The highest BCUT2D eigenvalue weighted by Crippen LogP contribution is 2.17. The number of aromatic nitrogens is 2. The Labute approximate surface area is 195 Å². The van der Waals surface area contributed by atoms with Crippen molar-refractivity contribution in [2.24, 2.45) is 4.99 Å². The zero-order valence-electron chi connectivity index (χ0n) is 18.0. The van der Waals surface area contributed by atoms with Crippen LogP contribution in [-0.2, 0) is 19.6 Å². The molecule has 160 valence electrons. The van der Waals surface area contributed by atoms with Crippen molar-refractivity contribution in [1.82, 2.24) is 20.4 Å². The highest BCUT2D eigenvalue weighted by atomic mass is 127. The first-order valence-electron chi connectivity index (χ1n) is 9.75. The molecule has 1 heterocycles. The normalized spacial score (nSPS) is 11.0. The fourth-order valence-electron chi connectivity index (χ4n) is 3.32. The predicted octanol–water partition coefficient (Wildman–Crippen LogP) is 4.04. The molecule has 30 heavy (non-hydrogen) atoms. The second kappa shape index (κ2) is 11.6. The first-order valence-corrected chi connectivity index (χ1v) is 9.75. The van der Waals surface area contributed by atoms with Crippen LogP contribution < -0.4 is 15.4 Å². The molecular formula is C23H30IN5O. The van der Waals surface area contributed by atoms with Gasteiger partial charge < -0.3 is 15.4 Å². The highest BCUT2D eigenvalue weighted by molar-refractivity contribution is 14.0. The summed E-state index contributed by atoms with van der Waals surface area (Å²) in [6.45, 7) is 6.24. The van der Waals surface area contributed by atoms with E-state index in [1.54, 1.807) is 14.2 Å². The van der Waals surface area contributed by atoms with Gasteiger partial charge in [-0.1, -0.05) is 48.5 Å². The Morgan fingerprint density at radius 1 is 1.00 bits per heavy atom. The largest absolute Gasteiger partial charge is 0.496 e. The van der Waals surface area contributed by atoms with E-state index >= 15 is 0 Å². The van der Waals surface area contributed by atoms with Gasteiger partial charge in [0.25, 0.3) is 0 Å². The number of hydrogen-bond donors (Lipinski definition) is 2. The van der Waals surface area contributed by atoms with Crippen molar-refractivity contribution in [3.8, 4) is 5.75 Å². The SMILES string of the molecule is CN=C(NCc1ccccc1OC)NCc1c(C)nn(Cc2ccccc2)c1C.I. The molecule has 0 unspecified atom stereocenters. The monoisotopic (exact) mass is 519 g/mol. The molecule has 0 amide bonds. The van der Waals surface area contributed by atoms with Gasteiger partial charge in [-0.2, -0.15) is 5.10 Å². The summed E-state index contributed by atoms with van der Waals surface area (Å²) in [5.41, 5.74) is 5.72. The van der Waals surface area contributed by atoms with E-state index in [0.717, 1.165) is 29.5 Å². The van der Waals surface area contributed by atoms with Crippen LogP contribution in [0, 0.1) is 13.8 Å². The van der Waals surface area contributed by atoms with E-state index < -0.39 is 0 Å². The van der Waals surface area contributed by atoms with Gasteiger partial charge >= 0.3 is 0 Å². The van der Waals surface area contributed by atoms with Crippen LogP contribution in [0.1, 0.15) is 28.1 Å². The lowest BCUT2D eigenvalue weighted by Crippen LogP contribution is -2.36. The zero-order valence-corrected chi connectivity index (χ0v) is 20.3. The lowest BCUT2D eigenvalue weighted by atomic mass is 10.2. The molecule has 6 nitrogen and oxygen atoms in total. The fraction of sp³-hybridized carbons (Fsp3) is 0.304. The van der Waals surface area contributed by atoms with Crippen molar-refractivity contribution in [3.63, 3.8) is 0 Å². The standard InChI is InChI=1S/C23H29N5O.HI/c1-17-21(18(2)28(27-17)16-19-10-6-5-7-11-19)15-26-23(24-3)25-14-20-12-8-9-13-22(20)29-4;/h5-13H,14-16H2,1-4H3,(H2,24,25,26);1H. The quantitative estimate of drug-likeness (QED) is 0.281. The van der Waals surface area contributed by atoms with Gasteiger partial charge in [-0.05, 0) is 25.5 Å². The molecule has 0 aliphatic heterocycles. The minimum atomic E-state index is 0. The molecule has 3 aromatic rings. The maximum absolute atomic E-state index is 5.41. The van der Waals surface area contributed by atoms with Crippen LogP contribution in [0.15, 0.2) is 59.6 Å². The van der Waals surface area contributed by atoms with Crippen molar-refractivity contribution in [1.29, 1.82) is 0 Å². The Hall–Kier alpha value is -2.55. The maximum Gasteiger partial charge on any atom is 0.191 e. The summed E-state index contributed by atoms with van der Waals surface area (Å²) in [5.74, 6) is 1.61. The molecule has 1 aromatic heterocycles. The molecule has 0 saturated carbocycles. The molecule has 0 saturated heterocycles. The van der Waals surface area contributed by atoms with E-state index in [1.165, 1.54) is 16.8 Å². The molecule has 3 rings (SSSR count). The number of aryl methyl sites for hydroxylation is 1. The van der Waals surface area contributed by atoms with Crippen molar-refractivity contribution in [2.75, 3.05) is 14.2 Å². The number of nitrogens with one attached hydrogen (secondary N) is 2. The van der Waals surface area contributed by atoms with Crippen LogP contribution in [0.2, 0.25) is 0 Å². The predicted molar refractivity (Wildman–Crippen MR) is 133 cm³/mol. The van der Waals surface area contributed by atoms with Crippen molar-refractivity contribution >= 4 is 29.9 Å². The number of methoxy groups -OCH3 is 1. The van der Waals surface area contributed by atoms with Gasteiger partial charge in [-0.15, -0.1) is 24.0 Å². The molecule has 2 N–H and O–H groups in total. The third kappa shape index (κ3) is 5.98. The Morgan fingerprint density at radius 3 is 2.37 bits per heavy atom. The number of nitrogens with zero attached hydrogens (tertiary/aromatic N) is 3. The fourth-order valence-corrected chi connectivity index (χ4v) is 3.32. The second-order valence-corrected chi connectivity index (χ2v) is 6.88. The van der Waals surface area contributed by atoms with Crippen LogP contribution in [0.25, 0.3) is 0 Å². The van der Waals surface area contributed by atoms with Crippen LogP contribution in [0.3, 0.4) is 0 Å². The molecule has 7 heteroatoms. The van der Waals surface area contributed by atoms with Crippen LogP contribution in [0.5, 0.6) is 5.75 Å². The summed E-state index contributed by atoms with van der Waals surface area (Å²) in [5, 5.41) is 11.5. The van der Waals surface area contributed by atoms with Crippen LogP contribution >= 0.6 is 24.0 Å². The highest BCUT2D eigenvalue weighted by Gasteiger charge is 2.12. The van der Waals surface area contributed by atoms with E-state index in [-0.39, 0.29) is 24.0 Å². The first kappa shape index (κ1) is 23.7. The van der Waals surface area contributed by atoms with E-state index in [2.05, 4.69) is 58.4 Å². The minimum absolute atomic E-state index is 0. The van der Waals surface area contributed by atoms with E-state index in [4.69, 9.17) is 9.84 Å². The number of aliphatic imine (C=N–C) groups is 1. The van der Waals surface area contributed by atoms with Crippen LogP contribution in [0.4, 0.5) is 0 Å². The Kier molecular flexibility index (Phi) is 9.16. The summed E-state index contributed by atoms with van der Waals surface area (Å²) in [6.07, 6.45) is 0. The summed E-state index contributed by atoms with van der Waals surface area (Å²) >= 11 is 0. The number of halogens is 1. The first-order chi connectivity index (χ1) is 14.1. The maximum atomic E-state index is 5.41. The molecule has 0 aliphatic rings. The van der Waals surface area contributed by atoms with E-state index in [0.29, 0.717) is 13.1 Å². The summed E-state index contributed by atoms with van der Waals surface area (Å²) in [7, 11) is 3.46. The number of rotatable bonds is 7. The summed E-state index contributed by atoms with van der Waals surface area (Å²) in [6, 6.07) is 18.4. The third-order valence-corrected chi connectivity index (χ3v) is 5.00. The molecule has 0 bridgehead atoms. The molecule has 2 aromatic carbocycles. The third-order valence-electron chi connectivity index (χ3n) is 5.00. The molecular weight excluding hydrogens is 489 g/mol. The smallest absolute Gasteiger partial charge is 0.191 e. The molecule has 0 atom stereocenters. The average molecular weight is 519 g/mol. The van der Waals surface area contributed by atoms with Crippen molar-refractivity contribution < 1.29 is 4.74 Å². The number of ether oxygens (including phenoxy) is 1. The van der Waals surface area contributed by atoms with Gasteiger partial charge in [0.15, 0.2) is 5.96 Å². The van der Waals surface area contributed by atoms with Crippen molar-refractivity contribution in [3.05, 3.63) is 82.7 Å². The lowest BCUT2D eigenvalue weighted by molar-refractivity contribution is 0.409. The Balaban J connectivity index is 0.00000320. The topological polar surface area (TPSA) is 63.5 Å². The van der Waals surface area contributed by atoms with Gasteiger partial charge in [-0.3, -0.25) is 9.67 Å².